The van der Waals surface area contributed by atoms with Gasteiger partial charge in [-0.05, 0) is 37.0 Å². The molecule has 1 saturated carbocycles. The van der Waals surface area contributed by atoms with E-state index in [-0.39, 0.29) is 30.3 Å². The molecule has 2 aliphatic carbocycles. The van der Waals surface area contributed by atoms with Crippen LogP contribution in [-0.2, 0) is 9.53 Å². The van der Waals surface area contributed by atoms with Crippen molar-refractivity contribution in [3.63, 3.8) is 0 Å². The van der Waals surface area contributed by atoms with Crippen LogP contribution in [0.5, 0.6) is 0 Å². The summed E-state index contributed by atoms with van der Waals surface area (Å²) in [4.78, 5) is 12.0. The SMILES string of the molecule is C[C@H]1CC[C@H]2C3=C1C(=O)O[C@@]3(O)[C@H](CO)C[C@@H]2C. The Labute approximate surface area is 107 Å². The monoisotopic (exact) mass is 252 g/mol. The number of hydrogen-bond acceptors (Lipinski definition) is 4. The summed E-state index contributed by atoms with van der Waals surface area (Å²) in [6.45, 7) is 4.00. The van der Waals surface area contributed by atoms with Crippen LogP contribution in [0.15, 0.2) is 11.1 Å². The van der Waals surface area contributed by atoms with Crippen molar-refractivity contribution in [3.8, 4) is 0 Å². The number of carbonyl (C=O) groups is 1. The molecule has 0 unspecified atom stereocenters. The van der Waals surface area contributed by atoms with Crippen LogP contribution < -0.4 is 0 Å². The highest BCUT2D eigenvalue weighted by Crippen LogP contribution is 2.55. The van der Waals surface area contributed by atoms with E-state index in [1.807, 2.05) is 6.92 Å². The van der Waals surface area contributed by atoms with Gasteiger partial charge in [-0.3, -0.25) is 0 Å². The molecule has 3 aliphatic rings. The summed E-state index contributed by atoms with van der Waals surface area (Å²) in [5.41, 5.74) is 1.46. The number of ether oxygens (including phenoxy) is 1. The third kappa shape index (κ3) is 1.36. The molecule has 1 heterocycles. The zero-order chi connectivity index (χ0) is 13.1. The van der Waals surface area contributed by atoms with Crippen LogP contribution in [0.25, 0.3) is 0 Å². The molecule has 4 heteroatoms. The van der Waals surface area contributed by atoms with Gasteiger partial charge in [-0.15, -0.1) is 0 Å². The number of aliphatic hydroxyl groups is 2. The number of aliphatic hydroxyl groups excluding tert-OH is 1. The van der Waals surface area contributed by atoms with Crippen molar-refractivity contribution in [2.75, 3.05) is 6.61 Å². The summed E-state index contributed by atoms with van der Waals surface area (Å²) in [6, 6.07) is 0. The van der Waals surface area contributed by atoms with Crippen LogP contribution in [0.4, 0.5) is 0 Å². The van der Waals surface area contributed by atoms with Crippen molar-refractivity contribution >= 4 is 5.97 Å². The van der Waals surface area contributed by atoms with Crippen molar-refractivity contribution in [3.05, 3.63) is 11.1 Å². The molecule has 3 rings (SSSR count). The molecule has 0 aromatic carbocycles. The molecule has 0 spiro atoms. The summed E-state index contributed by atoms with van der Waals surface area (Å²) in [5, 5.41) is 20.2. The maximum atomic E-state index is 12.0. The molecule has 1 fully saturated rings. The highest BCUT2D eigenvalue weighted by Gasteiger charge is 2.59. The Balaban J connectivity index is 2.15. The molecule has 5 atom stereocenters. The maximum absolute atomic E-state index is 12.0. The Morgan fingerprint density at radius 3 is 2.78 bits per heavy atom. The second-order valence-electron chi connectivity index (χ2n) is 6.09. The van der Waals surface area contributed by atoms with Crippen molar-refractivity contribution in [1.29, 1.82) is 0 Å². The molecule has 0 bridgehead atoms. The Morgan fingerprint density at radius 2 is 2.11 bits per heavy atom. The molecule has 18 heavy (non-hydrogen) atoms. The van der Waals surface area contributed by atoms with Crippen LogP contribution in [0.2, 0.25) is 0 Å². The van der Waals surface area contributed by atoms with Gasteiger partial charge in [0.15, 0.2) is 0 Å². The van der Waals surface area contributed by atoms with Gasteiger partial charge in [0.25, 0.3) is 0 Å². The van der Waals surface area contributed by atoms with E-state index >= 15 is 0 Å². The van der Waals surface area contributed by atoms with Crippen molar-refractivity contribution in [2.24, 2.45) is 23.7 Å². The molecular formula is C14H20O4. The van der Waals surface area contributed by atoms with Crippen LogP contribution >= 0.6 is 0 Å². The smallest absolute Gasteiger partial charge is 0.337 e. The Hall–Kier alpha value is -0.870. The third-order valence-electron chi connectivity index (χ3n) is 5.04. The summed E-state index contributed by atoms with van der Waals surface area (Å²) >= 11 is 0. The fourth-order valence-corrected chi connectivity index (χ4v) is 4.05. The number of esters is 1. The van der Waals surface area contributed by atoms with Gasteiger partial charge in [0.05, 0.1) is 12.5 Å². The highest BCUT2D eigenvalue weighted by molar-refractivity contribution is 5.94. The van der Waals surface area contributed by atoms with Crippen LogP contribution in [0.1, 0.15) is 33.1 Å². The molecule has 0 aromatic rings. The lowest BCUT2D eigenvalue weighted by Crippen LogP contribution is -2.50. The van der Waals surface area contributed by atoms with Crippen molar-refractivity contribution in [1.82, 2.24) is 0 Å². The predicted octanol–water partition coefficient (Wildman–Crippen LogP) is 1.22. The van der Waals surface area contributed by atoms with Gasteiger partial charge in [-0.1, -0.05) is 13.8 Å². The van der Waals surface area contributed by atoms with Gasteiger partial charge < -0.3 is 14.9 Å². The van der Waals surface area contributed by atoms with Gasteiger partial charge in [-0.2, -0.15) is 0 Å². The molecule has 0 radical (unpaired) electrons. The van der Waals surface area contributed by atoms with E-state index < -0.39 is 5.79 Å². The van der Waals surface area contributed by atoms with Crippen molar-refractivity contribution in [2.45, 2.75) is 38.9 Å². The van der Waals surface area contributed by atoms with E-state index in [2.05, 4.69) is 6.92 Å². The van der Waals surface area contributed by atoms with Crippen LogP contribution in [0, 0.1) is 23.7 Å². The minimum absolute atomic E-state index is 0.147. The molecule has 0 saturated heterocycles. The maximum Gasteiger partial charge on any atom is 0.337 e. The van der Waals surface area contributed by atoms with Crippen LogP contribution in [-0.4, -0.2) is 28.6 Å². The normalized spacial score (nSPS) is 47.0. The largest absolute Gasteiger partial charge is 0.425 e. The van der Waals surface area contributed by atoms with E-state index in [1.165, 1.54) is 0 Å². The van der Waals surface area contributed by atoms with E-state index in [9.17, 15) is 15.0 Å². The molecule has 0 amide bonds. The van der Waals surface area contributed by atoms with Gasteiger partial charge in [-0.25, -0.2) is 4.79 Å². The zero-order valence-electron chi connectivity index (χ0n) is 10.8. The fraction of sp³-hybridized carbons (Fsp3) is 0.786. The van der Waals surface area contributed by atoms with Crippen LogP contribution in [0.3, 0.4) is 0 Å². The average Bonchev–Trinajstić information content (AvgIpc) is 2.60. The molecule has 100 valence electrons. The average molecular weight is 252 g/mol. The topological polar surface area (TPSA) is 66.8 Å². The van der Waals surface area contributed by atoms with E-state index in [0.717, 1.165) is 18.4 Å². The summed E-state index contributed by atoms with van der Waals surface area (Å²) in [5.74, 6) is -1.53. The first-order valence-corrected chi connectivity index (χ1v) is 6.80. The third-order valence-corrected chi connectivity index (χ3v) is 5.04. The van der Waals surface area contributed by atoms with Gasteiger partial charge in [0.2, 0.25) is 5.79 Å². The van der Waals surface area contributed by atoms with Gasteiger partial charge in [0, 0.05) is 11.1 Å². The quantitative estimate of drug-likeness (QED) is 0.689. The number of hydrogen-bond donors (Lipinski definition) is 2. The van der Waals surface area contributed by atoms with E-state index in [1.54, 1.807) is 0 Å². The van der Waals surface area contributed by atoms with Gasteiger partial charge >= 0.3 is 5.97 Å². The van der Waals surface area contributed by atoms with Crippen molar-refractivity contribution < 1.29 is 19.7 Å². The van der Waals surface area contributed by atoms with E-state index in [4.69, 9.17) is 4.74 Å². The fourth-order valence-electron chi connectivity index (χ4n) is 4.05. The second kappa shape index (κ2) is 3.81. The standard InChI is InChI=1S/C14H20O4/c1-7-3-4-10-8(2)5-9(6-15)14(17)12(10)11(7)13(16)18-14/h7-10,15,17H,3-6H2,1-2H3/t7-,8-,9-,10+,14-/m0/s1. The minimum Gasteiger partial charge on any atom is -0.425 e. The Kier molecular flexibility index (Phi) is 2.58. The molecule has 2 N–H and O–H groups in total. The molecular weight excluding hydrogens is 232 g/mol. The first kappa shape index (κ1) is 12.2. The van der Waals surface area contributed by atoms with E-state index in [0.29, 0.717) is 17.9 Å². The number of rotatable bonds is 1. The first-order valence-electron chi connectivity index (χ1n) is 6.80. The number of carbonyl (C=O) groups excluding carboxylic acids is 1. The molecule has 0 aromatic heterocycles. The predicted molar refractivity (Wildman–Crippen MR) is 64.3 cm³/mol. The first-order chi connectivity index (χ1) is 8.49. The summed E-state index contributed by atoms with van der Waals surface area (Å²) in [6.07, 6.45) is 2.68. The summed E-state index contributed by atoms with van der Waals surface area (Å²) < 4.78 is 5.27. The molecule has 4 nitrogen and oxygen atoms in total. The van der Waals surface area contributed by atoms with Gasteiger partial charge in [0.1, 0.15) is 0 Å². The lowest BCUT2D eigenvalue weighted by molar-refractivity contribution is -0.218. The zero-order valence-corrected chi connectivity index (χ0v) is 10.8. The molecule has 1 aliphatic heterocycles. The lowest BCUT2D eigenvalue weighted by atomic mass is 9.62. The second-order valence-corrected chi connectivity index (χ2v) is 6.09. The summed E-state index contributed by atoms with van der Waals surface area (Å²) in [7, 11) is 0. The Morgan fingerprint density at radius 1 is 1.39 bits per heavy atom. The highest BCUT2D eigenvalue weighted by atomic mass is 16.7. The minimum atomic E-state index is -1.53. The Bertz CT molecular complexity index is 428. The lowest BCUT2D eigenvalue weighted by Gasteiger charge is -2.45.